The second kappa shape index (κ2) is 16.8. The van der Waals surface area contributed by atoms with Gasteiger partial charge in [-0.25, -0.2) is 18.4 Å². The second-order valence-electron chi connectivity index (χ2n) is 9.47. The zero-order valence-corrected chi connectivity index (χ0v) is 24.1. The zero-order valence-electron chi connectivity index (χ0n) is 22.4. The van der Waals surface area contributed by atoms with E-state index in [2.05, 4.69) is 20.9 Å². The lowest BCUT2D eigenvalue weighted by atomic mass is 9.93. The molecule has 0 aliphatic carbocycles. The summed E-state index contributed by atoms with van der Waals surface area (Å²) in [6.07, 6.45) is 5.39. The van der Waals surface area contributed by atoms with Gasteiger partial charge in [0.2, 0.25) is 0 Å². The van der Waals surface area contributed by atoms with Gasteiger partial charge in [-0.3, -0.25) is 0 Å². The number of hydrogen-bond acceptors (Lipinski definition) is 8. The van der Waals surface area contributed by atoms with Crippen molar-refractivity contribution in [3.8, 4) is 0 Å². The fraction of sp³-hybridized carbons (Fsp3) is 0.357. The van der Waals surface area contributed by atoms with E-state index in [1.807, 2.05) is 0 Å². The molecule has 0 bridgehead atoms. The van der Waals surface area contributed by atoms with E-state index in [1.165, 1.54) is 24.3 Å². The first-order chi connectivity index (χ1) is 19.3. The van der Waals surface area contributed by atoms with Crippen LogP contribution in [-0.2, 0) is 9.59 Å². The number of piperidine rings is 2. The predicted molar refractivity (Wildman–Crippen MR) is 157 cm³/mol. The van der Waals surface area contributed by atoms with Gasteiger partial charge in [-0.05, 0) is 76.1 Å². The Morgan fingerprint density at radius 2 is 1.07 bits per heavy atom. The summed E-state index contributed by atoms with van der Waals surface area (Å²) in [7, 11) is 0. The number of carboxylic acid groups (broad SMARTS) is 2. The molecule has 0 radical (unpaired) electrons. The summed E-state index contributed by atoms with van der Waals surface area (Å²) in [5.74, 6) is -2.19. The van der Waals surface area contributed by atoms with Gasteiger partial charge < -0.3 is 29.9 Å². The highest BCUT2D eigenvalue weighted by Crippen LogP contribution is 2.32. The van der Waals surface area contributed by atoms with Crippen LogP contribution in [0.2, 0.25) is 0 Å². The minimum atomic E-state index is -1.26. The monoisotopic (exact) mass is 628 g/mol. The molecule has 2 saturated heterocycles. The van der Waals surface area contributed by atoms with Gasteiger partial charge >= 0.3 is 11.9 Å². The molecule has 2 aromatic carbocycles. The summed E-state index contributed by atoms with van der Waals surface area (Å²) in [6, 6.07) is 9.24. The van der Waals surface area contributed by atoms with E-state index < -0.39 is 11.9 Å². The summed E-state index contributed by atoms with van der Waals surface area (Å²) in [6.45, 7) is 4.06. The van der Waals surface area contributed by atoms with E-state index in [1.54, 1.807) is 12.1 Å². The number of nitrogens with zero attached hydrogens (tertiary/aromatic N) is 2. The number of benzene rings is 2. The van der Waals surface area contributed by atoms with Gasteiger partial charge in [0, 0.05) is 46.9 Å². The maximum absolute atomic E-state index is 13.0. The number of aliphatic carboxylic acids is 2. The summed E-state index contributed by atoms with van der Waals surface area (Å²) in [4.78, 5) is 19.1. The normalized spacial score (nSPS) is 15.6. The molecular formula is C28H32Cl2F2N4O6. The number of carbonyl (C=O) groups is 2. The highest BCUT2D eigenvalue weighted by molar-refractivity contribution is 5.89. The quantitative estimate of drug-likeness (QED) is 0.216. The molecular weight excluding hydrogens is 597 g/mol. The minimum Gasteiger partial charge on any atom is -0.478 e. The largest absolute Gasteiger partial charge is 0.478 e. The maximum Gasteiger partial charge on any atom is 0.328 e. The van der Waals surface area contributed by atoms with Crippen molar-refractivity contribution in [1.29, 1.82) is 0 Å². The highest BCUT2D eigenvalue weighted by atomic mass is 35.5. The molecule has 0 saturated carbocycles. The SMILES string of the molecule is Cl.Cl.Fc1ccc2c(C3CCNCC3)noc2c1.Fc1ccc2c(C3CCNCC3)noc2c1.O=C(O)/C=C/C(=O)O. The number of aromatic nitrogens is 2. The van der Waals surface area contributed by atoms with Crippen molar-refractivity contribution in [2.24, 2.45) is 0 Å². The van der Waals surface area contributed by atoms with Crippen LogP contribution in [0, 0.1) is 11.6 Å². The molecule has 10 nitrogen and oxygen atoms in total. The van der Waals surface area contributed by atoms with Crippen molar-refractivity contribution in [3.05, 3.63) is 71.6 Å². The molecule has 42 heavy (non-hydrogen) atoms. The molecule has 4 N–H and O–H groups in total. The van der Waals surface area contributed by atoms with Crippen LogP contribution < -0.4 is 10.6 Å². The van der Waals surface area contributed by atoms with Gasteiger partial charge in [-0.15, -0.1) is 24.8 Å². The smallest absolute Gasteiger partial charge is 0.328 e. The van der Waals surface area contributed by atoms with Gasteiger partial charge in [0.05, 0.1) is 11.4 Å². The molecule has 0 amide bonds. The Bertz CT molecular complexity index is 1370. The van der Waals surface area contributed by atoms with Crippen molar-refractivity contribution >= 4 is 58.7 Å². The predicted octanol–water partition coefficient (Wildman–Crippen LogP) is 5.42. The first kappa shape index (κ1) is 34.6. The minimum absolute atomic E-state index is 0. The molecule has 0 unspecified atom stereocenters. The Kier molecular flexibility index (Phi) is 13.8. The summed E-state index contributed by atoms with van der Waals surface area (Å²) < 4.78 is 36.3. The first-order valence-electron chi connectivity index (χ1n) is 13.0. The lowest BCUT2D eigenvalue weighted by Gasteiger charge is -2.20. The molecule has 2 aliphatic heterocycles. The van der Waals surface area contributed by atoms with Crippen molar-refractivity contribution in [1.82, 2.24) is 20.9 Å². The first-order valence-corrected chi connectivity index (χ1v) is 13.0. The van der Waals surface area contributed by atoms with Crippen LogP contribution >= 0.6 is 24.8 Å². The maximum atomic E-state index is 13.0. The van der Waals surface area contributed by atoms with E-state index in [-0.39, 0.29) is 36.4 Å². The Hall–Kier alpha value is -3.58. The fourth-order valence-electron chi connectivity index (χ4n) is 4.78. The third-order valence-electron chi connectivity index (χ3n) is 6.74. The van der Waals surface area contributed by atoms with Crippen molar-refractivity contribution in [3.63, 3.8) is 0 Å². The van der Waals surface area contributed by atoms with E-state index >= 15 is 0 Å². The molecule has 0 atom stereocenters. The number of hydrogen-bond donors (Lipinski definition) is 4. The zero-order chi connectivity index (χ0) is 28.5. The number of rotatable bonds is 4. The fourth-order valence-corrected chi connectivity index (χ4v) is 4.78. The van der Waals surface area contributed by atoms with Crippen molar-refractivity contribution in [2.75, 3.05) is 26.2 Å². The van der Waals surface area contributed by atoms with Crippen molar-refractivity contribution in [2.45, 2.75) is 37.5 Å². The molecule has 2 aliphatic rings. The van der Waals surface area contributed by atoms with Gasteiger partial charge in [0.25, 0.3) is 0 Å². The van der Waals surface area contributed by atoms with Crippen molar-refractivity contribution < 1.29 is 37.6 Å². The number of halogens is 4. The van der Waals surface area contributed by atoms with Crippen LogP contribution in [0.15, 0.2) is 57.6 Å². The van der Waals surface area contributed by atoms with E-state index in [4.69, 9.17) is 19.3 Å². The number of nitrogens with one attached hydrogen (secondary N) is 2. The molecule has 2 aromatic heterocycles. The number of carboxylic acids is 2. The van der Waals surface area contributed by atoms with Crippen LogP contribution in [0.4, 0.5) is 8.78 Å². The second-order valence-corrected chi connectivity index (χ2v) is 9.47. The van der Waals surface area contributed by atoms with Gasteiger partial charge in [0.15, 0.2) is 11.2 Å². The average molecular weight is 629 g/mol. The van der Waals surface area contributed by atoms with Crippen LogP contribution in [0.3, 0.4) is 0 Å². The lowest BCUT2D eigenvalue weighted by molar-refractivity contribution is -0.134. The van der Waals surface area contributed by atoms with Gasteiger partial charge in [0.1, 0.15) is 11.6 Å². The molecule has 4 heterocycles. The van der Waals surface area contributed by atoms with Crippen LogP contribution in [0.5, 0.6) is 0 Å². The molecule has 6 rings (SSSR count). The Morgan fingerprint density at radius 1 is 0.714 bits per heavy atom. The third kappa shape index (κ3) is 9.48. The van der Waals surface area contributed by atoms with Gasteiger partial charge in [-0.1, -0.05) is 10.3 Å². The van der Waals surface area contributed by atoms with Gasteiger partial charge in [-0.2, -0.15) is 0 Å². The lowest BCUT2D eigenvalue weighted by Crippen LogP contribution is -2.26. The molecule has 228 valence electrons. The van der Waals surface area contributed by atoms with Crippen LogP contribution in [-0.4, -0.2) is 58.6 Å². The Balaban J connectivity index is 0.000000228. The molecule has 0 spiro atoms. The molecule has 14 heteroatoms. The average Bonchev–Trinajstić information content (AvgIpc) is 3.57. The summed E-state index contributed by atoms with van der Waals surface area (Å²) in [5, 5.41) is 32.3. The van der Waals surface area contributed by atoms with E-state index in [0.29, 0.717) is 35.2 Å². The topological polar surface area (TPSA) is 151 Å². The summed E-state index contributed by atoms with van der Waals surface area (Å²) >= 11 is 0. The standard InChI is InChI=1S/2C12H13FN2O.C4H4O4.2ClH/c2*13-9-1-2-10-11(7-9)16-15-12(10)8-3-5-14-6-4-8;5-3(6)1-2-4(7)8;;/h2*1-2,7-8,14H,3-6H2;1-2H,(H,5,6)(H,7,8);2*1H/b;;2-1+;;. The van der Waals surface area contributed by atoms with Crippen LogP contribution in [0.25, 0.3) is 21.9 Å². The Labute approximate surface area is 252 Å². The highest BCUT2D eigenvalue weighted by Gasteiger charge is 2.22. The van der Waals surface area contributed by atoms with E-state index in [0.717, 1.165) is 74.0 Å². The Morgan fingerprint density at radius 3 is 1.40 bits per heavy atom. The van der Waals surface area contributed by atoms with Crippen LogP contribution in [0.1, 0.15) is 48.9 Å². The molecule has 2 fully saturated rings. The number of fused-ring (bicyclic) bond motifs is 2. The molecule has 4 aromatic rings. The third-order valence-corrected chi connectivity index (χ3v) is 6.74. The summed E-state index contributed by atoms with van der Waals surface area (Å²) in [5.41, 5.74) is 3.06. The van der Waals surface area contributed by atoms with E-state index in [9.17, 15) is 18.4 Å².